The van der Waals surface area contributed by atoms with Gasteiger partial charge in [-0.1, -0.05) is 31.4 Å². The summed E-state index contributed by atoms with van der Waals surface area (Å²) in [7, 11) is 0. The number of benzene rings is 1. The van der Waals surface area contributed by atoms with Gasteiger partial charge in [-0.3, -0.25) is 0 Å². The number of carboxylic acid groups (broad SMARTS) is 1. The Balaban J connectivity index is 2.29. The van der Waals surface area contributed by atoms with Crippen molar-refractivity contribution < 1.29 is 9.90 Å². The van der Waals surface area contributed by atoms with E-state index in [0.717, 1.165) is 30.1 Å². The van der Waals surface area contributed by atoms with Crippen molar-refractivity contribution in [3.8, 4) is 0 Å². The minimum absolute atomic E-state index is 0.461. The zero-order valence-corrected chi connectivity index (χ0v) is 12.0. The van der Waals surface area contributed by atoms with E-state index in [1.54, 1.807) is 12.1 Å². The van der Waals surface area contributed by atoms with Crippen molar-refractivity contribution in [3.63, 3.8) is 0 Å². The molecule has 1 heterocycles. The Morgan fingerprint density at radius 3 is 3.00 bits per heavy atom. The van der Waals surface area contributed by atoms with E-state index in [-0.39, 0.29) is 0 Å². The van der Waals surface area contributed by atoms with E-state index in [2.05, 4.69) is 14.1 Å². The molecule has 0 amide bonds. The van der Waals surface area contributed by atoms with Gasteiger partial charge in [0.25, 0.3) is 0 Å². The Kier molecular flexibility index (Phi) is 4.55. The highest BCUT2D eigenvalue weighted by atomic mass is 35.5. The summed E-state index contributed by atoms with van der Waals surface area (Å²) in [5.74, 6) is -0.885. The van der Waals surface area contributed by atoms with Crippen LogP contribution in [0.1, 0.15) is 26.2 Å². The lowest BCUT2D eigenvalue weighted by Crippen LogP contribution is -2.29. The number of halogens is 1. The van der Waals surface area contributed by atoms with Crippen LogP contribution < -0.4 is 5.32 Å². The molecule has 0 saturated heterocycles. The summed E-state index contributed by atoms with van der Waals surface area (Å²) in [5.41, 5.74) is 1.90. The zero-order valence-electron chi connectivity index (χ0n) is 10.4. The molecule has 1 aromatic carbocycles. The molecule has 1 atom stereocenters. The van der Waals surface area contributed by atoms with Gasteiger partial charge in [-0.2, -0.15) is 8.75 Å². The lowest BCUT2D eigenvalue weighted by atomic mass is 10.1. The van der Waals surface area contributed by atoms with E-state index < -0.39 is 12.0 Å². The van der Waals surface area contributed by atoms with Crippen molar-refractivity contribution in [3.05, 3.63) is 17.2 Å². The molecule has 0 aliphatic carbocycles. The first-order valence-electron chi connectivity index (χ1n) is 6.03. The predicted molar refractivity (Wildman–Crippen MR) is 77.0 cm³/mol. The lowest BCUT2D eigenvalue weighted by Gasteiger charge is -2.16. The maximum absolute atomic E-state index is 11.3. The fraction of sp³-hybridized carbons (Fsp3) is 0.417. The number of nitrogens with zero attached hydrogens (tertiary/aromatic N) is 2. The first kappa shape index (κ1) is 14.0. The molecule has 2 rings (SSSR count). The van der Waals surface area contributed by atoms with Gasteiger partial charge >= 0.3 is 5.97 Å². The zero-order chi connectivity index (χ0) is 13.8. The second-order valence-corrected chi connectivity index (χ2v) is 5.17. The van der Waals surface area contributed by atoms with Crippen LogP contribution in [0, 0.1) is 0 Å². The molecule has 0 spiro atoms. The Morgan fingerprint density at radius 1 is 1.53 bits per heavy atom. The average molecular weight is 300 g/mol. The first-order valence-corrected chi connectivity index (χ1v) is 7.14. The van der Waals surface area contributed by atoms with Crippen LogP contribution in [0.5, 0.6) is 0 Å². The van der Waals surface area contributed by atoms with Gasteiger partial charge in [0, 0.05) is 0 Å². The topological polar surface area (TPSA) is 75.1 Å². The molecular weight excluding hydrogens is 286 g/mol. The summed E-state index contributed by atoms with van der Waals surface area (Å²) < 4.78 is 8.28. The van der Waals surface area contributed by atoms with Gasteiger partial charge in [0.15, 0.2) is 0 Å². The van der Waals surface area contributed by atoms with Gasteiger partial charge in [-0.15, -0.1) is 0 Å². The number of hydrogen-bond donors (Lipinski definition) is 2. The Bertz CT molecular complexity index is 587. The number of rotatable bonds is 6. The smallest absolute Gasteiger partial charge is 0.326 e. The van der Waals surface area contributed by atoms with Gasteiger partial charge in [0.05, 0.1) is 22.4 Å². The van der Waals surface area contributed by atoms with Gasteiger partial charge in [0.2, 0.25) is 0 Å². The maximum Gasteiger partial charge on any atom is 0.326 e. The van der Waals surface area contributed by atoms with Crippen molar-refractivity contribution in [1.82, 2.24) is 8.75 Å². The second-order valence-electron chi connectivity index (χ2n) is 4.23. The molecule has 0 bridgehead atoms. The van der Waals surface area contributed by atoms with Gasteiger partial charge in [-0.05, 0) is 18.6 Å². The largest absolute Gasteiger partial charge is 0.480 e. The molecule has 0 aliphatic heterocycles. The van der Waals surface area contributed by atoms with Crippen LogP contribution in [0.15, 0.2) is 12.1 Å². The number of carboxylic acids is 1. The van der Waals surface area contributed by atoms with Crippen molar-refractivity contribution in [2.45, 2.75) is 32.2 Å². The number of carbonyl (C=O) groups is 1. The van der Waals surface area contributed by atoms with Crippen LogP contribution in [0.25, 0.3) is 11.0 Å². The third kappa shape index (κ3) is 3.13. The van der Waals surface area contributed by atoms with E-state index >= 15 is 0 Å². The third-order valence-electron chi connectivity index (χ3n) is 2.84. The van der Waals surface area contributed by atoms with Gasteiger partial charge < -0.3 is 10.4 Å². The van der Waals surface area contributed by atoms with E-state index in [0.29, 0.717) is 22.6 Å². The molecular formula is C12H14ClN3O2S. The molecule has 1 aromatic heterocycles. The van der Waals surface area contributed by atoms with Crippen LogP contribution in [0.4, 0.5) is 5.69 Å². The van der Waals surface area contributed by atoms with Crippen molar-refractivity contribution in [1.29, 1.82) is 0 Å². The van der Waals surface area contributed by atoms with E-state index in [1.807, 2.05) is 6.92 Å². The van der Waals surface area contributed by atoms with Crippen LogP contribution in [0.3, 0.4) is 0 Å². The molecule has 19 heavy (non-hydrogen) atoms. The fourth-order valence-electron chi connectivity index (χ4n) is 1.80. The Morgan fingerprint density at radius 2 is 2.32 bits per heavy atom. The summed E-state index contributed by atoms with van der Waals surface area (Å²) in [6.45, 7) is 2.02. The Labute approximate surface area is 119 Å². The van der Waals surface area contributed by atoms with Crippen molar-refractivity contribution in [2.75, 3.05) is 5.32 Å². The number of aliphatic carboxylic acids is 1. The number of aromatic nitrogens is 2. The average Bonchev–Trinajstić information content (AvgIpc) is 2.84. The van der Waals surface area contributed by atoms with Gasteiger partial charge in [-0.25, -0.2) is 4.79 Å². The summed E-state index contributed by atoms with van der Waals surface area (Å²) >= 11 is 7.21. The van der Waals surface area contributed by atoms with Crippen LogP contribution in [-0.4, -0.2) is 25.9 Å². The van der Waals surface area contributed by atoms with E-state index in [9.17, 15) is 9.90 Å². The predicted octanol–water partition coefficient (Wildman–Crippen LogP) is 3.40. The molecule has 0 aliphatic rings. The molecule has 0 saturated carbocycles. The number of fused-ring (bicyclic) bond motifs is 1. The molecule has 2 N–H and O–H groups in total. The summed E-state index contributed by atoms with van der Waals surface area (Å²) in [4.78, 5) is 11.3. The monoisotopic (exact) mass is 299 g/mol. The quantitative estimate of drug-likeness (QED) is 0.855. The van der Waals surface area contributed by atoms with Gasteiger partial charge in [0.1, 0.15) is 17.1 Å². The summed E-state index contributed by atoms with van der Waals surface area (Å²) in [5, 5.41) is 12.7. The normalized spacial score (nSPS) is 12.5. The molecule has 0 fully saturated rings. The SMILES string of the molecule is CCCCC(Nc1c(Cl)ccc2nsnc12)C(=O)O. The lowest BCUT2D eigenvalue weighted by molar-refractivity contribution is -0.138. The minimum atomic E-state index is -0.885. The Hall–Kier alpha value is -1.40. The van der Waals surface area contributed by atoms with Crippen LogP contribution in [0.2, 0.25) is 5.02 Å². The fourth-order valence-corrected chi connectivity index (χ4v) is 2.55. The third-order valence-corrected chi connectivity index (χ3v) is 3.70. The van der Waals surface area contributed by atoms with E-state index in [4.69, 9.17) is 11.6 Å². The summed E-state index contributed by atoms with van der Waals surface area (Å²) in [6, 6.07) is 2.81. The highest BCUT2D eigenvalue weighted by Crippen LogP contribution is 2.30. The highest BCUT2D eigenvalue weighted by molar-refractivity contribution is 7.00. The molecule has 102 valence electrons. The van der Waals surface area contributed by atoms with Crippen molar-refractivity contribution in [2.24, 2.45) is 0 Å². The molecule has 1 unspecified atom stereocenters. The number of nitrogens with one attached hydrogen (secondary N) is 1. The van der Waals surface area contributed by atoms with Crippen molar-refractivity contribution >= 4 is 46.0 Å². The van der Waals surface area contributed by atoms with E-state index in [1.165, 1.54) is 0 Å². The minimum Gasteiger partial charge on any atom is -0.480 e. The maximum atomic E-state index is 11.3. The molecule has 7 heteroatoms. The molecule has 5 nitrogen and oxygen atoms in total. The van der Waals surface area contributed by atoms with Crippen LogP contribution >= 0.6 is 23.3 Å². The first-order chi connectivity index (χ1) is 9.13. The summed E-state index contributed by atoms with van der Waals surface area (Å²) in [6.07, 6.45) is 2.34. The molecule has 2 aromatic rings. The number of hydrogen-bond acceptors (Lipinski definition) is 5. The standard InChI is InChI=1S/C12H14ClN3O2S/c1-2-3-4-9(12(17)18)14-10-7(13)5-6-8-11(10)16-19-15-8/h5-6,9,14H,2-4H2,1H3,(H,17,18). The van der Waals surface area contributed by atoms with Crippen LogP contribution in [-0.2, 0) is 4.79 Å². The number of unbranched alkanes of at least 4 members (excludes halogenated alkanes) is 1. The second kappa shape index (κ2) is 6.16. The molecule has 0 radical (unpaired) electrons. The number of anilines is 1. The highest BCUT2D eigenvalue weighted by Gasteiger charge is 2.20.